The molecule has 0 aliphatic heterocycles. The Labute approximate surface area is 162 Å². The minimum absolute atomic E-state index is 0.496. The molecule has 3 saturated carbocycles. The van der Waals surface area contributed by atoms with Crippen molar-refractivity contribution < 1.29 is 0 Å². The van der Waals surface area contributed by atoms with E-state index >= 15 is 0 Å². The number of fused-ring (bicyclic) bond motifs is 3. The van der Waals surface area contributed by atoms with Crippen LogP contribution < -0.4 is 0 Å². The minimum atomic E-state index is 0.496. The van der Waals surface area contributed by atoms with Crippen LogP contribution >= 0.6 is 11.6 Å². The third-order valence-electron chi connectivity index (χ3n) is 8.05. The van der Waals surface area contributed by atoms with Crippen LogP contribution in [0.4, 0.5) is 0 Å². The molecule has 3 fully saturated rings. The average molecular weight is 367 g/mol. The van der Waals surface area contributed by atoms with E-state index < -0.39 is 0 Å². The zero-order valence-electron chi connectivity index (χ0n) is 16.9. The smallest absolute Gasteiger partial charge is 0.0338 e. The lowest BCUT2D eigenvalue weighted by molar-refractivity contribution is 0.0110. The first-order valence-electron chi connectivity index (χ1n) is 11.9. The van der Waals surface area contributed by atoms with Gasteiger partial charge in [-0.05, 0) is 74.5 Å². The van der Waals surface area contributed by atoms with Gasteiger partial charge in [-0.1, -0.05) is 71.1 Å². The maximum absolute atomic E-state index is 6.45. The van der Waals surface area contributed by atoms with E-state index in [1.165, 1.54) is 89.9 Å². The molecule has 0 aromatic carbocycles. The second-order valence-corrected chi connectivity index (χ2v) is 10.4. The summed E-state index contributed by atoms with van der Waals surface area (Å²) in [4.78, 5) is 0. The van der Waals surface area contributed by atoms with Crippen molar-refractivity contribution in [1.82, 2.24) is 0 Å². The van der Waals surface area contributed by atoms with E-state index in [1.807, 2.05) is 0 Å². The molecule has 0 aromatic heterocycles. The monoisotopic (exact) mass is 366 g/mol. The lowest BCUT2D eigenvalue weighted by Gasteiger charge is -2.50. The Bertz CT molecular complexity index is 365. The van der Waals surface area contributed by atoms with Gasteiger partial charge in [0.05, 0.1) is 0 Å². The van der Waals surface area contributed by atoms with Crippen LogP contribution in [0.3, 0.4) is 0 Å². The van der Waals surface area contributed by atoms with Crippen molar-refractivity contribution in [1.29, 1.82) is 0 Å². The van der Waals surface area contributed by atoms with Crippen LogP contribution in [0.2, 0.25) is 0 Å². The lowest BCUT2D eigenvalue weighted by Crippen LogP contribution is -2.41. The fraction of sp³-hybridized carbons (Fsp3) is 1.00. The Morgan fingerprint density at radius 2 is 1.24 bits per heavy atom. The molecule has 0 nitrogen and oxygen atoms in total. The molecule has 3 aliphatic carbocycles. The first kappa shape index (κ1) is 20.0. The van der Waals surface area contributed by atoms with Gasteiger partial charge >= 0.3 is 0 Å². The second kappa shape index (κ2) is 10.6. The van der Waals surface area contributed by atoms with Gasteiger partial charge in [0.15, 0.2) is 0 Å². The first-order valence-corrected chi connectivity index (χ1v) is 12.4. The molecule has 3 aliphatic rings. The molecule has 0 spiro atoms. The standard InChI is InChI=1S/C24H43Cl/c1-2-3-4-5-6-7-8-9-10-19-11-15-23-20(17-19)12-13-21-18-22(25)14-16-24(21)23/h19-24H,2-18H2,1H3. The van der Waals surface area contributed by atoms with Crippen molar-refractivity contribution in [3.63, 3.8) is 0 Å². The molecule has 3 rings (SSSR count). The van der Waals surface area contributed by atoms with Gasteiger partial charge in [0.1, 0.15) is 0 Å². The van der Waals surface area contributed by atoms with Gasteiger partial charge in [-0.25, -0.2) is 0 Å². The van der Waals surface area contributed by atoms with Crippen molar-refractivity contribution in [3.05, 3.63) is 0 Å². The number of hydrogen-bond donors (Lipinski definition) is 0. The molecule has 0 aromatic rings. The van der Waals surface area contributed by atoms with Gasteiger partial charge in [-0.15, -0.1) is 11.6 Å². The molecular formula is C24H43Cl. The topological polar surface area (TPSA) is 0 Å². The maximum atomic E-state index is 6.45. The maximum Gasteiger partial charge on any atom is 0.0338 e. The highest BCUT2D eigenvalue weighted by molar-refractivity contribution is 6.20. The third-order valence-corrected chi connectivity index (χ3v) is 8.45. The summed E-state index contributed by atoms with van der Waals surface area (Å²) in [5, 5.41) is 0.496. The van der Waals surface area contributed by atoms with Crippen LogP contribution in [-0.2, 0) is 0 Å². The summed E-state index contributed by atoms with van der Waals surface area (Å²) < 4.78 is 0. The molecule has 25 heavy (non-hydrogen) atoms. The largest absolute Gasteiger partial charge is 0.123 e. The van der Waals surface area contributed by atoms with Gasteiger partial charge in [-0.2, -0.15) is 0 Å². The molecule has 0 heterocycles. The van der Waals surface area contributed by atoms with E-state index in [1.54, 1.807) is 19.3 Å². The van der Waals surface area contributed by atoms with Crippen LogP contribution in [0.5, 0.6) is 0 Å². The molecule has 0 bridgehead atoms. The van der Waals surface area contributed by atoms with Crippen molar-refractivity contribution in [3.8, 4) is 0 Å². The van der Waals surface area contributed by atoms with Crippen molar-refractivity contribution in [2.24, 2.45) is 29.6 Å². The van der Waals surface area contributed by atoms with E-state index in [0.717, 1.165) is 29.6 Å². The van der Waals surface area contributed by atoms with E-state index in [0.29, 0.717) is 5.38 Å². The molecule has 6 unspecified atom stereocenters. The minimum Gasteiger partial charge on any atom is -0.123 e. The Kier molecular flexibility index (Phi) is 8.48. The summed E-state index contributed by atoms with van der Waals surface area (Å²) >= 11 is 6.45. The van der Waals surface area contributed by atoms with E-state index in [-0.39, 0.29) is 0 Å². The van der Waals surface area contributed by atoms with Gasteiger partial charge in [0.25, 0.3) is 0 Å². The van der Waals surface area contributed by atoms with Crippen molar-refractivity contribution in [2.45, 2.75) is 121 Å². The SMILES string of the molecule is CCCCCCCCCCC1CCC2C(CCC3CC(Cl)CCC32)C1. The summed E-state index contributed by atoms with van der Waals surface area (Å²) in [7, 11) is 0. The van der Waals surface area contributed by atoms with E-state index in [2.05, 4.69) is 6.92 Å². The number of unbranched alkanes of at least 4 members (excludes halogenated alkanes) is 7. The molecule has 0 radical (unpaired) electrons. The van der Waals surface area contributed by atoms with E-state index in [4.69, 9.17) is 11.6 Å². The highest BCUT2D eigenvalue weighted by atomic mass is 35.5. The fourth-order valence-electron chi connectivity index (χ4n) is 6.66. The third kappa shape index (κ3) is 5.88. The second-order valence-electron chi connectivity index (χ2n) is 9.78. The average Bonchev–Trinajstić information content (AvgIpc) is 2.63. The summed E-state index contributed by atoms with van der Waals surface area (Å²) in [5.74, 6) is 5.28. The molecular weight excluding hydrogens is 324 g/mol. The summed E-state index contributed by atoms with van der Waals surface area (Å²) in [6, 6.07) is 0. The van der Waals surface area contributed by atoms with Gasteiger partial charge in [-0.3, -0.25) is 0 Å². The number of halogens is 1. The summed E-state index contributed by atoms with van der Waals surface area (Å²) in [6.07, 6.45) is 25.1. The van der Waals surface area contributed by atoms with Gasteiger partial charge in [0, 0.05) is 5.38 Å². The molecule has 1 heteroatoms. The molecule has 0 amide bonds. The van der Waals surface area contributed by atoms with Crippen LogP contribution in [0.1, 0.15) is 116 Å². The normalized spacial score (nSPS) is 38.2. The van der Waals surface area contributed by atoms with Crippen LogP contribution in [0.25, 0.3) is 0 Å². The van der Waals surface area contributed by atoms with Gasteiger partial charge in [0.2, 0.25) is 0 Å². The predicted molar refractivity (Wildman–Crippen MR) is 111 cm³/mol. The summed E-state index contributed by atoms with van der Waals surface area (Å²) in [5.41, 5.74) is 0. The van der Waals surface area contributed by atoms with Crippen LogP contribution in [-0.4, -0.2) is 5.38 Å². The Balaban J connectivity index is 1.30. The van der Waals surface area contributed by atoms with Crippen molar-refractivity contribution in [2.75, 3.05) is 0 Å². The number of hydrogen-bond acceptors (Lipinski definition) is 0. The highest BCUT2D eigenvalue weighted by Crippen LogP contribution is 2.53. The molecule has 0 saturated heterocycles. The van der Waals surface area contributed by atoms with Crippen LogP contribution in [0, 0.1) is 29.6 Å². The number of rotatable bonds is 9. The van der Waals surface area contributed by atoms with Gasteiger partial charge < -0.3 is 0 Å². The Morgan fingerprint density at radius 3 is 1.96 bits per heavy atom. The Hall–Kier alpha value is 0.290. The van der Waals surface area contributed by atoms with E-state index in [9.17, 15) is 0 Å². The van der Waals surface area contributed by atoms with Crippen molar-refractivity contribution >= 4 is 11.6 Å². The Morgan fingerprint density at radius 1 is 0.640 bits per heavy atom. The van der Waals surface area contributed by atoms with Crippen LogP contribution in [0.15, 0.2) is 0 Å². The summed E-state index contributed by atoms with van der Waals surface area (Å²) in [6.45, 7) is 2.31. The molecule has 0 N–H and O–H groups in total. The zero-order valence-corrected chi connectivity index (χ0v) is 17.6. The zero-order chi connectivity index (χ0) is 17.5. The molecule has 6 atom stereocenters. The fourth-order valence-corrected chi connectivity index (χ4v) is 7.02. The highest BCUT2D eigenvalue weighted by Gasteiger charge is 2.44. The number of alkyl halides is 1. The lowest BCUT2D eigenvalue weighted by atomic mass is 9.56. The predicted octanol–water partition coefficient (Wildman–Crippen LogP) is 8.37. The molecule has 146 valence electrons. The first-order chi connectivity index (χ1) is 12.3. The quantitative estimate of drug-likeness (QED) is 0.284.